The van der Waals surface area contributed by atoms with Crippen molar-refractivity contribution in [1.29, 1.82) is 0 Å². The molecule has 2 atom stereocenters. The minimum Gasteiger partial charge on any atom is -0.406 e. The lowest BCUT2D eigenvalue weighted by Crippen LogP contribution is -2.33. The average molecular weight is 302 g/mol. The molecule has 0 bridgehead atoms. The molecule has 0 aliphatic carbocycles. The number of anilines is 1. The molecule has 2 saturated heterocycles. The molecule has 0 unspecified atom stereocenters. The van der Waals surface area contributed by atoms with Crippen molar-refractivity contribution in [2.75, 3.05) is 18.0 Å². The molecule has 0 saturated carbocycles. The van der Waals surface area contributed by atoms with Gasteiger partial charge >= 0.3 is 12.4 Å². The minimum absolute atomic E-state index is 0.0430. The summed E-state index contributed by atoms with van der Waals surface area (Å²) in [7, 11) is 0. The van der Waals surface area contributed by atoms with Gasteiger partial charge in [0.05, 0.1) is 12.1 Å². The molecule has 2 heterocycles. The van der Waals surface area contributed by atoms with Gasteiger partial charge in [-0.05, 0) is 30.7 Å². The fourth-order valence-corrected chi connectivity index (χ4v) is 2.79. The summed E-state index contributed by atoms with van der Waals surface area (Å²) in [5.41, 5.74) is 0.512. The summed E-state index contributed by atoms with van der Waals surface area (Å²) in [5.74, 6) is -0.325. The maximum Gasteiger partial charge on any atom is 0.573 e. The minimum atomic E-state index is -4.73. The highest BCUT2D eigenvalue weighted by molar-refractivity contribution is 5.95. The molecular weight excluding hydrogens is 289 g/mol. The number of amides is 2. The number of fused-ring (bicyclic) bond motifs is 1. The Morgan fingerprint density at radius 2 is 1.86 bits per heavy atom. The highest BCUT2D eigenvalue weighted by Gasteiger charge is 2.44. The standard InChI is InChI=1S/C13H13F3N2O3/c14-13(15,16)21-11-3-1-8(2-4-11)17-6-9-5-10(19)7-18(9)12(17)20/h1-4,9-10,19H,5-7H2/t9-,10+/m0/s1. The molecule has 0 spiro atoms. The predicted octanol–water partition coefficient (Wildman–Crippen LogP) is 1.96. The Kier molecular flexibility index (Phi) is 3.20. The summed E-state index contributed by atoms with van der Waals surface area (Å²) in [5, 5.41) is 9.52. The first kappa shape index (κ1) is 14.0. The van der Waals surface area contributed by atoms with E-state index in [0.717, 1.165) is 0 Å². The SMILES string of the molecule is O=C1N(c2ccc(OC(F)(F)F)cc2)C[C@@H]2C[C@@H](O)CN12. The lowest BCUT2D eigenvalue weighted by atomic mass is 10.2. The second kappa shape index (κ2) is 4.80. The van der Waals surface area contributed by atoms with E-state index < -0.39 is 12.5 Å². The van der Waals surface area contributed by atoms with Crippen LogP contribution in [0.15, 0.2) is 24.3 Å². The summed E-state index contributed by atoms with van der Waals surface area (Å²) in [6, 6.07) is 4.90. The summed E-state index contributed by atoms with van der Waals surface area (Å²) in [6.45, 7) is 0.727. The number of hydrogen-bond acceptors (Lipinski definition) is 3. The fraction of sp³-hybridized carbons (Fsp3) is 0.462. The third kappa shape index (κ3) is 2.76. The topological polar surface area (TPSA) is 53.0 Å². The van der Waals surface area contributed by atoms with E-state index in [0.29, 0.717) is 25.2 Å². The lowest BCUT2D eigenvalue weighted by molar-refractivity contribution is -0.274. The van der Waals surface area contributed by atoms with Crippen LogP contribution in [0.5, 0.6) is 5.75 Å². The van der Waals surface area contributed by atoms with Crippen LogP contribution in [0.25, 0.3) is 0 Å². The Labute approximate surface area is 118 Å². The van der Waals surface area contributed by atoms with E-state index in [-0.39, 0.29) is 17.8 Å². The van der Waals surface area contributed by atoms with Crippen molar-refractivity contribution in [2.45, 2.75) is 24.9 Å². The number of rotatable bonds is 2. The average Bonchev–Trinajstić information content (AvgIpc) is 2.87. The largest absolute Gasteiger partial charge is 0.573 e. The van der Waals surface area contributed by atoms with Gasteiger partial charge in [-0.3, -0.25) is 4.90 Å². The molecule has 1 aromatic carbocycles. The van der Waals surface area contributed by atoms with E-state index in [4.69, 9.17) is 0 Å². The predicted molar refractivity (Wildman–Crippen MR) is 67.0 cm³/mol. The van der Waals surface area contributed by atoms with E-state index in [1.807, 2.05) is 0 Å². The van der Waals surface area contributed by atoms with Gasteiger partial charge in [-0.25, -0.2) is 4.79 Å². The Hall–Kier alpha value is -1.96. The Morgan fingerprint density at radius 3 is 2.43 bits per heavy atom. The zero-order valence-corrected chi connectivity index (χ0v) is 10.9. The normalized spacial score (nSPS) is 25.4. The van der Waals surface area contributed by atoms with Crippen molar-refractivity contribution in [3.05, 3.63) is 24.3 Å². The van der Waals surface area contributed by atoms with Gasteiger partial charge in [-0.1, -0.05) is 0 Å². The van der Waals surface area contributed by atoms with E-state index in [1.54, 1.807) is 4.90 Å². The van der Waals surface area contributed by atoms with Gasteiger partial charge in [-0.2, -0.15) is 0 Å². The van der Waals surface area contributed by atoms with Crippen LogP contribution in [0.4, 0.5) is 23.7 Å². The van der Waals surface area contributed by atoms with Crippen LogP contribution in [-0.2, 0) is 0 Å². The number of ether oxygens (including phenoxy) is 1. The first-order valence-corrected chi connectivity index (χ1v) is 6.45. The summed E-state index contributed by atoms with van der Waals surface area (Å²) < 4.78 is 40.0. The quantitative estimate of drug-likeness (QED) is 0.908. The van der Waals surface area contributed by atoms with Crippen molar-refractivity contribution in [3.63, 3.8) is 0 Å². The summed E-state index contributed by atoms with van der Waals surface area (Å²) >= 11 is 0. The van der Waals surface area contributed by atoms with Gasteiger partial charge in [0.25, 0.3) is 0 Å². The monoisotopic (exact) mass is 302 g/mol. The zero-order valence-electron chi connectivity index (χ0n) is 10.9. The molecule has 1 aromatic rings. The molecule has 1 N–H and O–H groups in total. The third-order valence-electron chi connectivity index (χ3n) is 3.64. The van der Waals surface area contributed by atoms with Crippen molar-refractivity contribution < 1.29 is 27.8 Å². The van der Waals surface area contributed by atoms with Crippen LogP contribution in [0.1, 0.15) is 6.42 Å². The molecule has 2 aliphatic rings. The van der Waals surface area contributed by atoms with Gasteiger partial charge in [0.1, 0.15) is 5.75 Å². The van der Waals surface area contributed by atoms with E-state index in [9.17, 15) is 23.1 Å². The van der Waals surface area contributed by atoms with Gasteiger partial charge in [0.2, 0.25) is 0 Å². The van der Waals surface area contributed by atoms with E-state index >= 15 is 0 Å². The molecule has 21 heavy (non-hydrogen) atoms. The van der Waals surface area contributed by atoms with Crippen molar-refractivity contribution in [1.82, 2.24) is 4.90 Å². The number of halogens is 3. The molecule has 8 heteroatoms. The first-order chi connectivity index (χ1) is 9.83. The van der Waals surface area contributed by atoms with Crippen LogP contribution in [0, 0.1) is 0 Å². The number of urea groups is 1. The Balaban J connectivity index is 1.72. The number of benzene rings is 1. The maximum atomic E-state index is 12.2. The van der Waals surface area contributed by atoms with Crippen LogP contribution >= 0.6 is 0 Å². The lowest BCUT2D eigenvalue weighted by Gasteiger charge is -2.18. The number of carbonyl (C=O) groups excluding carboxylic acids is 1. The molecule has 2 fully saturated rings. The number of alkyl halides is 3. The molecule has 3 rings (SSSR count). The smallest absolute Gasteiger partial charge is 0.406 e. The zero-order chi connectivity index (χ0) is 15.2. The highest BCUT2D eigenvalue weighted by Crippen LogP contribution is 2.32. The Bertz CT molecular complexity index is 547. The van der Waals surface area contributed by atoms with Crippen LogP contribution < -0.4 is 9.64 Å². The third-order valence-corrected chi connectivity index (χ3v) is 3.64. The van der Waals surface area contributed by atoms with Gasteiger partial charge < -0.3 is 14.7 Å². The second-order valence-corrected chi connectivity index (χ2v) is 5.13. The number of carbonyl (C=O) groups is 1. The van der Waals surface area contributed by atoms with Crippen LogP contribution in [0.3, 0.4) is 0 Å². The fourth-order valence-electron chi connectivity index (χ4n) is 2.79. The molecule has 114 valence electrons. The number of nitrogens with zero attached hydrogens (tertiary/aromatic N) is 2. The molecular formula is C13H13F3N2O3. The van der Waals surface area contributed by atoms with Gasteiger partial charge in [0.15, 0.2) is 0 Å². The molecule has 2 amide bonds. The van der Waals surface area contributed by atoms with Crippen LogP contribution in [0.2, 0.25) is 0 Å². The van der Waals surface area contributed by atoms with E-state index in [1.165, 1.54) is 29.2 Å². The maximum absolute atomic E-state index is 12.2. The first-order valence-electron chi connectivity index (χ1n) is 6.45. The molecule has 0 radical (unpaired) electrons. The Morgan fingerprint density at radius 1 is 1.19 bits per heavy atom. The molecule has 5 nitrogen and oxygen atoms in total. The van der Waals surface area contributed by atoms with Gasteiger partial charge in [0, 0.05) is 18.8 Å². The van der Waals surface area contributed by atoms with Gasteiger partial charge in [-0.15, -0.1) is 13.2 Å². The highest BCUT2D eigenvalue weighted by atomic mass is 19.4. The van der Waals surface area contributed by atoms with E-state index in [2.05, 4.69) is 4.74 Å². The van der Waals surface area contributed by atoms with Crippen molar-refractivity contribution in [2.24, 2.45) is 0 Å². The van der Waals surface area contributed by atoms with Crippen LogP contribution in [-0.4, -0.2) is 47.6 Å². The van der Waals surface area contributed by atoms with Crippen molar-refractivity contribution in [3.8, 4) is 5.75 Å². The van der Waals surface area contributed by atoms with Crippen molar-refractivity contribution >= 4 is 11.7 Å². The number of aliphatic hydroxyl groups excluding tert-OH is 1. The second-order valence-electron chi connectivity index (χ2n) is 5.13. The number of hydrogen-bond donors (Lipinski definition) is 1. The summed E-state index contributed by atoms with van der Waals surface area (Å²) in [6.07, 6.45) is -4.70. The summed E-state index contributed by atoms with van der Waals surface area (Å²) in [4.78, 5) is 15.3. The number of aliphatic hydroxyl groups is 1. The molecule has 2 aliphatic heterocycles. The molecule has 0 aromatic heterocycles.